The van der Waals surface area contributed by atoms with Gasteiger partial charge in [-0.1, -0.05) is 56.3 Å². The first-order valence-corrected chi connectivity index (χ1v) is 10.2. The van der Waals surface area contributed by atoms with Gasteiger partial charge in [0, 0.05) is 6.54 Å². The molecule has 1 aromatic rings. The number of hydrazine groups is 1. The van der Waals surface area contributed by atoms with Gasteiger partial charge in [0.2, 0.25) is 5.91 Å². The Kier molecular flexibility index (Phi) is 10.6. The van der Waals surface area contributed by atoms with E-state index in [-0.39, 0.29) is 30.9 Å². The summed E-state index contributed by atoms with van der Waals surface area (Å²) in [4.78, 5) is 25.8. The van der Waals surface area contributed by atoms with Crippen molar-refractivity contribution in [3.05, 3.63) is 42.0 Å². The van der Waals surface area contributed by atoms with E-state index in [2.05, 4.69) is 10.9 Å². The van der Waals surface area contributed by atoms with Gasteiger partial charge in [0.15, 0.2) is 0 Å². The summed E-state index contributed by atoms with van der Waals surface area (Å²) in [5, 5.41) is 8.92. The van der Waals surface area contributed by atoms with Gasteiger partial charge in [-0.15, -0.1) is 0 Å². The van der Waals surface area contributed by atoms with Gasteiger partial charge in [0.1, 0.15) is 5.60 Å². The molecule has 0 saturated heterocycles. The Morgan fingerprint density at radius 2 is 1.79 bits per heavy atom. The lowest BCUT2D eigenvalue weighted by Crippen LogP contribution is -2.46. The van der Waals surface area contributed by atoms with Crippen LogP contribution in [-0.4, -0.2) is 35.7 Å². The van der Waals surface area contributed by atoms with Crippen LogP contribution < -0.4 is 10.9 Å². The van der Waals surface area contributed by atoms with E-state index in [9.17, 15) is 9.59 Å². The molecule has 0 fully saturated rings. The second kappa shape index (κ2) is 12.4. The van der Waals surface area contributed by atoms with Crippen LogP contribution in [0, 0.1) is 17.8 Å². The van der Waals surface area contributed by atoms with Crippen LogP contribution in [0.2, 0.25) is 0 Å². The average Bonchev–Trinajstić information content (AvgIpc) is 2.63. The van der Waals surface area contributed by atoms with Crippen LogP contribution in [0.1, 0.15) is 53.0 Å². The Labute approximate surface area is 174 Å². The molecule has 0 heterocycles. The standard InChI is InChI=1S/C23H36N2O4/c1-17(2)16-20(21(27)25-24-14-15-26)19(22(28)29-23(3,4)5)13-9-12-18-10-7-6-8-11-18/h6-12,17,19-20,24,26H,13-16H2,1-5H3,(H,25,27)/b12-9+/t19-,20+/m0/s1. The lowest BCUT2D eigenvalue weighted by atomic mass is 9.82. The summed E-state index contributed by atoms with van der Waals surface area (Å²) in [5.41, 5.74) is 5.71. The fraction of sp³-hybridized carbons (Fsp3) is 0.565. The summed E-state index contributed by atoms with van der Waals surface area (Å²) in [6.07, 6.45) is 4.82. The Hall–Kier alpha value is -2.18. The monoisotopic (exact) mass is 404 g/mol. The molecule has 0 saturated carbocycles. The summed E-state index contributed by atoms with van der Waals surface area (Å²) in [5.74, 6) is -1.56. The van der Waals surface area contributed by atoms with Crippen LogP contribution in [0.25, 0.3) is 6.08 Å². The molecule has 6 nitrogen and oxygen atoms in total. The highest BCUT2D eigenvalue weighted by Crippen LogP contribution is 2.28. The second-order valence-corrected chi connectivity index (χ2v) is 8.56. The molecule has 0 spiro atoms. The predicted octanol–water partition coefficient (Wildman–Crippen LogP) is 3.32. The first-order valence-electron chi connectivity index (χ1n) is 10.2. The van der Waals surface area contributed by atoms with Crippen LogP contribution in [0.15, 0.2) is 36.4 Å². The number of aliphatic hydroxyl groups is 1. The minimum atomic E-state index is -0.632. The number of nitrogens with one attached hydrogen (secondary N) is 2. The van der Waals surface area contributed by atoms with Crippen LogP contribution in [0.5, 0.6) is 0 Å². The highest BCUT2D eigenvalue weighted by atomic mass is 16.6. The normalized spacial score (nSPS) is 14.0. The van der Waals surface area contributed by atoms with Crippen molar-refractivity contribution in [3.8, 4) is 0 Å². The van der Waals surface area contributed by atoms with E-state index < -0.39 is 17.4 Å². The molecule has 0 aliphatic carbocycles. The lowest BCUT2D eigenvalue weighted by Gasteiger charge is -2.29. The van der Waals surface area contributed by atoms with Crippen molar-refractivity contribution in [1.82, 2.24) is 10.9 Å². The fourth-order valence-electron chi connectivity index (χ4n) is 2.98. The van der Waals surface area contributed by atoms with Crippen molar-refractivity contribution in [2.45, 2.75) is 53.1 Å². The van der Waals surface area contributed by atoms with Crippen molar-refractivity contribution in [2.75, 3.05) is 13.2 Å². The zero-order valence-electron chi connectivity index (χ0n) is 18.3. The summed E-state index contributed by atoms with van der Waals surface area (Å²) < 4.78 is 5.63. The van der Waals surface area contributed by atoms with Crippen LogP contribution in [0.3, 0.4) is 0 Å². The number of rotatable bonds is 11. The number of hydrogen-bond acceptors (Lipinski definition) is 5. The fourth-order valence-corrected chi connectivity index (χ4v) is 2.98. The molecular weight excluding hydrogens is 368 g/mol. The highest BCUT2D eigenvalue weighted by Gasteiger charge is 2.36. The van der Waals surface area contributed by atoms with E-state index in [1.165, 1.54) is 0 Å². The number of amides is 1. The van der Waals surface area contributed by atoms with Gasteiger partial charge in [0.25, 0.3) is 0 Å². The zero-order chi connectivity index (χ0) is 21.9. The third kappa shape index (κ3) is 10.2. The Bertz CT molecular complexity index is 651. The SMILES string of the molecule is CC(C)C[C@@H](C(=O)NNCCO)[C@H](C/C=C/c1ccccc1)C(=O)OC(C)(C)C. The average molecular weight is 405 g/mol. The number of hydrogen-bond donors (Lipinski definition) is 3. The minimum absolute atomic E-state index is 0.0928. The topological polar surface area (TPSA) is 87.7 Å². The number of esters is 1. The van der Waals surface area contributed by atoms with Crippen LogP contribution in [-0.2, 0) is 14.3 Å². The van der Waals surface area contributed by atoms with Crippen molar-refractivity contribution < 1.29 is 19.4 Å². The molecule has 0 aliphatic heterocycles. The van der Waals surface area contributed by atoms with E-state index in [0.717, 1.165) is 5.56 Å². The summed E-state index contributed by atoms with van der Waals surface area (Å²) in [6.45, 7) is 9.66. The zero-order valence-corrected chi connectivity index (χ0v) is 18.3. The summed E-state index contributed by atoms with van der Waals surface area (Å²) >= 11 is 0. The first-order chi connectivity index (χ1) is 13.6. The second-order valence-electron chi connectivity index (χ2n) is 8.56. The Morgan fingerprint density at radius 3 is 2.34 bits per heavy atom. The molecule has 0 unspecified atom stereocenters. The molecule has 3 N–H and O–H groups in total. The van der Waals surface area contributed by atoms with Gasteiger partial charge in [0.05, 0.1) is 18.4 Å². The van der Waals surface area contributed by atoms with Gasteiger partial charge in [-0.2, -0.15) is 0 Å². The quantitative estimate of drug-likeness (QED) is 0.299. The van der Waals surface area contributed by atoms with Gasteiger partial charge in [-0.25, -0.2) is 5.43 Å². The maximum absolute atomic E-state index is 13.0. The smallest absolute Gasteiger partial charge is 0.310 e. The number of allylic oxidation sites excluding steroid dienone is 1. The summed E-state index contributed by atoms with van der Waals surface area (Å²) in [6, 6.07) is 9.81. The molecule has 2 atom stereocenters. The largest absolute Gasteiger partial charge is 0.460 e. The number of carbonyl (C=O) groups is 2. The minimum Gasteiger partial charge on any atom is -0.460 e. The lowest BCUT2D eigenvalue weighted by molar-refractivity contribution is -0.164. The van der Waals surface area contributed by atoms with E-state index in [4.69, 9.17) is 9.84 Å². The molecule has 1 amide bonds. The van der Waals surface area contributed by atoms with Gasteiger partial charge in [-0.05, 0) is 45.1 Å². The molecule has 0 aliphatic rings. The number of benzene rings is 1. The molecule has 162 valence electrons. The first kappa shape index (κ1) is 24.9. The van der Waals surface area contributed by atoms with Crippen LogP contribution in [0.4, 0.5) is 0 Å². The van der Waals surface area contributed by atoms with E-state index in [1.54, 1.807) is 0 Å². The Balaban J connectivity index is 3.05. The van der Waals surface area contributed by atoms with Gasteiger partial charge >= 0.3 is 5.97 Å². The van der Waals surface area contributed by atoms with Crippen molar-refractivity contribution in [1.29, 1.82) is 0 Å². The molecule has 6 heteroatoms. The Morgan fingerprint density at radius 1 is 1.14 bits per heavy atom. The molecule has 0 bridgehead atoms. The third-order valence-corrected chi connectivity index (χ3v) is 4.21. The molecule has 0 radical (unpaired) electrons. The number of ether oxygens (including phenoxy) is 1. The van der Waals surface area contributed by atoms with E-state index in [0.29, 0.717) is 12.8 Å². The molecule has 1 rings (SSSR count). The third-order valence-electron chi connectivity index (χ3n) is 4.21. The maximum Gasteiger partial charge on any atom is 0.310 e. The van der Waals surface area contributed by atoms with E-state index >= 15 is 0 Å². The van der Waals surface area contributed by atoms with Crippen molar-refractivity contribution in [3.63, 3.8) is 0 Å². The van der Waals surface area contributed by atoms with Crippen molar-refractivity contribution >= 4 is 18.0 Å². The van der Waals surface area contributed by atoms with Gasteiger partial charge < -0.3 is 9.84 Å². The molecular formula is C23H36N2O4. The molecule has 0 aromatic heterocycles. The van der Waals surface area contributed by atoms with E-state index in [1.807, 2.05) is 77.1 Å². The highest BCUT2D eigenvalue weighted by molar-refractivity contribution is 5.85. The van der Waals surface area contributed by atoms with Gasteiger partial charge in [-0.3, -0.25) is 15.0 Å². The maximum atomic E-state index is 13.0. The molecule has 1 aromatic carbocycles. The number of aliphatic hydroxyl groups excluding tert-OH is 1. The van der Waals surface area contributed by atoms with Crippen molar-refractivity contribution in [2.24, 2.45) is 17.8 Å². The number of carbonyl (C=O) groups excluding carboxylic acids is 2. The van der Waals surface area contributed by atoms with Crippen LogP contribution >= 0.6 is 0 Å². The summed E-state index contributed by atoms with van der Waals surface area (Å²) in [7, 11) is 0. The molecule has 29 heavy (non-hydrogen) atoms. The predicted molar refractivity (Wildman–Crippen MR) is 116 cm³/mol.